The number of nitrogens with zero attached hydrogens (tertiary/aromatic N) is 4. The molecule has 38 heavy (non-hydrogen) atoms. The third-order valence-corrected chi connectivity index (χ3v) is 8.36. The monoisotopic (exact) mass is 636 g/mol. The van der Waals surface area contributed by atoms with Crippen molar-refractivity contribution in [2.75, 3.05) is 0 Å². The van der Waals surface area contributed by atoms with Crippen LogP contribution in [0, 0.1) is 13.8 Å². The number of halogens is 2. The molecule has 3 aromatic carbocycles. The van der Waals surface area contributed by atoms with E-state index in [1.165, 1.54) is 0 Å². The third kappa shape index (κ3) is 4.10. The molecule has 0 saturated heterocycles. The number of benzene rings is 3. The Kier molecular flexibility index (Phi) is 6.83. The van der Waals surface area contributed by atoms with Gasteiger partial charge in [0.25, 0.3) is 11.1 Å². The summed E-state index contributed by atoms with van der Waals surface area (Å²) in [5.74, 6) is -0.652. The fraction of sp³-hybridized carbons (Fsp3) is 0.172. The zero-order valence-corrected chi connectivity index (χ0v) is 24.5. The van der Waals surface area contributed by atoms with Gasteiger partial charge in [-0.05, 0) is 87.7 Å². The molecule has 0 saturated carbocycles. The summed E-state index contributed by atoms with van der Waals surface area (Å²) in [5, 5.41) is 10.4. The molecule has 9 heteroatoms. The lowest BCUT2D eigenvalue weighted by Gasteiger charge is -2.18. The van der Waals surface area contributed by atoms with Crippen molar-refractivity contribution in [3.63, 3.8) is 0 Å². The zero-order valence-electron chi connectivity index (χ0n) is 21.3. The van der Waals surface area contributed by atoms with E-state index >= 15 is 0 Å². The standard InChI is InChI=1S/C29H26Br2N4O3/c1-17-24(28(37)34(32(17)3)20-11-7-5-8-12-20)26(19-15-22(30)27(36)23(31)16-19)25-18(2)33(4)35(29(25)38)21-13-9-6-10-14-21/h5-16,26,36H,1-4H3. The van der Waals surface area contributed by atoms with Crippen molar-refractivity contribution in [1.82, 2.24) is 18.7 Å². The van der Waals surface area contributed by atoms with Crippen molar-refractivity contribution in [2.24, 2.45) is 14.1 Å². The van der Waals surface area contributed by atoms with Crippen LogP contribution in [0.2, 0.25) is 0 Å². The van der Waals surface area contributed by atoms with E-state index in [9.17, 15) is 14.7 Å². The number of para-hydroxylation sites is 2. The first-order valence-electron chi connectivity index (χ1n) is 12.0. The number of aromatic nitrogens is 4. The van der Waals surface area contributed by atoms with E-state index in [1.54, 1.807) is 21.5 Å². The van der Waals surface area contributed by atoms with Crippen LogP contribution in [-0.4, -0.2) is 23.8 Å². The van der Waals surface area contributed by atoms with Crippen molar-refractivity contribution in [1.29, 1.82) is 0 Å². The quantitative estimate of drug-likeness (QED) is 0.269. The molecule has 5 aromatic rings. The normalized spacial score (nSPS) is 11.4. The Bertz CT molecular complexity index is 1650. The van der Waals surface area contributed by atoms with E-state index in [0.717, 1.165) is 22.8 Å². The molecule has 0 bridgehead atoms. The van der Waals surface area contributed by atoms with Gasteiger partial charge in [-0.15, -0.1) is 0 Å². The maximum absolute atomic E-state index is 14.2. The summed E-state index contributed by atoms with van der Waals surface area (Å²) >= 11 is 6.88. The molecule has 0 fully saturated rings. The lowest BCUT2D eigenvalue weighted by molar-refractivity contribution is 0.468. The minimum atomic E-state index is -0.699. The topological polar surface area (TPSA) is 74.1 Å². The second kappa shape index (κ2) is 9.96. The Hall–Kier alpha value is -3.56. The summed E-state index contributed by atoms with van der Waals surface area (Å²) in [6, 6.07) is 22.4. The van der Waals surface area contributed by atoms with Gasteiger partial charge in [0.1, 0.15) is 5.75 Å². The van der Waals surface area contributed by atoms with Gasteiger partial charge in [0.15, 0.2) is 0 Å². The van der Waals surface area contributed by atoms with Crippen LogP contribution in [0.4, 0.5) is 0 Å². The third-order valence-electron chi connectivity index (χ3n) is 7.15. The van der Waals surface area contributed by atoms with E-state index in [4.69, 9.17) is 0 Å². The first-order valence-corrected chi connectivity index (χ1v) is 13.6. The predicted molar refractivity (Wildman–Crippen MR) is 156 cm³/mol. The van der Waals surface area contributed by atoms with E-state index < -0.39 is 5.92 Å². The molecule has 7 nitrogen and oxygen atoms in total. The van der Waals surface area contributed by atoms with Crippen LogP contribution >= 0.6 is 31.9 Å². The number of phenolic OH excluding ortho intramolecular Hbond substituents is 1. The summed E-state index contributed by atoms with van der Waals surface area (Å²) in [7, 11) is 3.68. The molecule has 0 atom stereocenters. The molecule has 5 rings (SSSR count). The second-order valence-corrected chi connectivity index (χ2v) is 10.9. The molecule has 0 radical (unpaired) electrons. The SMILES string of the molecule is Cc1c(C(c2cc(Br)c(O)c(Br)c2)c2c(C)n(C)n(-c3ccccc3)c2=O)c(=O)n(-c2ccccc2)n1C. The van der Waals surface area contributed by atoms with Crippen molar-refractivity contribution in [2.45, 2.75) is 19.8 Å². The van der Waals surface area contributed by atoms with E-state index in [0.29, 0.717) is 25.6 Å². The highest BCUT2D eigenvalue weighted by Gasteiger charge is 2.33. The average Bonchev–Trinajstić information content (AvgIpc) is 3.26. The first-order chi connectivity index (χ1) is 18.1. The molecule has 0 aliphatic rings. The summed E-state index contributed by atoms with van der Waals surface area (Å²) in [6.45, 7) is 3.78. The Balaban J connectivity index is 1.88. The fourth-order valence-corrected chi connectivity index (χ4v) is 6.29. The molecule has 0 aliphatic carbocycles. The van der Waals surface area contributed by atoms with Gasteiger partial charge >= 0.3 is 0 Å². The number of phenols is 1. The molecule has 0 spiro atoms. The summed E-state index contributed by atoms with van der Waals surface area (Å²) in [4.78, 5) is 28.3. The molecule has 2 heterocycles. The maximum atomic E-state index is 14.2. The number of hydrogen-bond acceptors (Lipinski definition) is 3. The van der Waals surface area contributed by atoms with Crippen molar-refractivity contribution in [3.05, 3.63) is 131 Å². The first kappa shape index (κ1) is 26.1. The molecule has 0 aliphatic heterocycles. The summed E-state index contributed by atoms with van der Waals surface area (Å²) < 4.78 is 7.80. The summed E-state index contributed by atoms with van der Waals surface area (Å²) in [5.41, 5.74) is 4.18. The molecular weight excluding hydrogens is 612 g/mol. The minimum Gasteiger partial charge on any atom is -0.506 e. The van der Waals surface area contributed by atoms with Crippen LogP contribution in [-0.2, 0) is 14.1 Å². The highest BCUT2D eigenvalue weighted by molar-refractivity contribution is 9.11. The van der Waals surface area contributed by atoms with Crippen LogP contribution in [0.5, 0.6) is 5.75 Å². The molecule has 2 aromatic heterocycles. The van der Waals surface area contributed by atoms with Gasteiger partial charge in [-0.25, -0.2) is 9.36 Å². The van der Waals surface area contributed by atoms with Crippen molar-refractivity contribution >= 4 is 31.9 Å². The van der Waals surface area contributed by atoms with Crippen molar-refractivity contribution in [3.8, 4) is 17.1 Å². The largest absolute Gasteiger partial charge is 0.506 e. The molecular formula is C29H26Br2N4O3. The minimum absolute atomic E-state index is 0.0467. The predicted octanol–water partition coefficient (Wildman–Crippen LogP) is 5.69. The van der Waals surface area contributed by atoms with Crippen molar-refractivity contribution < 1.29 is 5.11 Å². The maximum Gasteiger partial charge on any atom is 0.275 e. The van der Waals surface area contributed by atoms with E-state index in [-0.39, 0.29) is 16.9 Å². The van der Waals surface area contributed by atoms with Gasteiger partial charge in [-0.2, -0.15) is 0 Å². The number of rotatable bonds is 5. The van der Waals surface area contributed by atoms with Crippen LogP contribution in [0.15, 0.2) is 91.3 Å². The van der Waals surface area contributed by atoms with Crippen LogP contribution in [0.1, 0.15) is 34.0 Å². The van der Waals surface area contributed by atoms with Gasteiger partial charge in [0.2, 0.25) is 0 Å². The molecule has 0 unspecified atom stereocenters. The van der Waals surface area contributed by atoms with Gasteiger partial charge in [0, 0.05) is 31.4 Å². The van der Waals surface area contributed by atoms with Gasteiger partial charge in [-0.3, -0.25) is 19.0 Å². The van der Waals surface area contributed by atoms with Gasteiger partial charge in [-0.1, -0.05) is 36.4 Å². The van der Waals surface area contributed by atoms with Crippen LogP contribution in [0.25, 0.3) is 11.4 Å². The highest BCUT2D eigenvalue weighted by atomic mass is 79.9. The van der Waals surface area contributed by atoms with Gasteiger partial charge in [0.05, 0.1) is 31.4 Å². The molecule has 194 valence electrons. The van der Waals surface area contributed by atoms with Crippen LogP contribution in [0.3, 0.4) is 0 Å². The lowest BCUT2D eigenvalue weighted by Crippen LogP contribution is -2.26. The smallest absolute Gasteiger partial charge is 0.275 e. The molecule has 0 amide bonds. The second-order valence-electron chi connectivity index (χ2n) is 9.22. The highest BCUT2D eigenvalue weighted by Crippen LogP contribution is 2.40. The van der Waals surface area contributed by atoms with E-state index in [1.807, 2.05) is 98.0 Å². The Morgan fingerprint density at radius 1 is 0.684 bits per heavy atom. The zero-order chi connectivity index (χ0) is 27.3. The number of aromatic hydroxyl groups is 1. The Morgan fingerprint density at radius 2 is 1.05 bits per heavy atom. The fourth-order valence-electron chi connectivity index (χ4n) is 5.07. The Labute approximate surface area is 236 Å². The number of hydrogen-bond donors (Lipinski definition) is 1. The Morgan fingerprint density at radius 3 is 1.42 bits per heavy atom. The summed E-state index contributed by atoms with van der Waals surface area (Å²) in [6.07, 6.45) is 0. The van der Waals surface area contributed by atoms with E-state index in [2.05, 4.69) is 31.9 Å². The lowest BCUT2D eigenvalue weighted by atomic mass is 9.85. The average molecular weight is 638 g/mol. The van der Waals surface area contributed by atoms with Gasteiger partial charge < -0.3 is 5.11 Å². The molecule has 1 N–H and O–H groups in total. The van der Waals surface area contributed by atoms with Crippen LogP contribution < -0.4 is 11.1 Å².